The normalized spacial score (nSPS) is 22.1. The number of aromatic nitrogens is 2. The zero-order valence-corrected chi connectivity index (χ0v) is 11.5. The molecule has 21 heavy (non-hydrogen) atoms. The van der Waals surface area contributed by atoms with Gasteiger partial charge >= 0.3 is 5.97 Å². The van der Waals surface area contributed by atoms with Gasteiger partial charge in [-0.1, -0.05) is 12.8 Å². The molecule has 6 nitrogen and oxygen atoms in total. The molecule has 2 aromatic rings. The van der Waals surface area contributed by atoms with Crippen LogP contribution in [0.2, 0.25) is 0 Å². The van der Waals surface area contributed by atoms with Gasteiger partial charge in [-0.15, -0.1) is 0 Å². The molecule has 1 amide bonds. The third kappa shape index (κ3) is 2.74. The van der Waals surface area contributed by atoms with E-state index in [2.05, 4.69) is 15.5 Å². The van der Waals surface area contributed by atoms with Gasteiger partial charge in [0.05, 0.1) is 17.6 Å². The van der Waals surface area contributed by atoms with Gasteiger partial charge in [0.15, 0.2) is 0 Å². The minimum absolute atomic E-state index is 0.226. The number of rotatable bonds is 3. The fourth-order valence-electron chi connectivity index (χ4n) is 2.93. The van der Waals surface area contributed by atoms with Crippen LogP contribution in [0, 0.1) is 5.92 Å². The van der Waals surface area contributed by atoms with Crippen molar-refractivity contribution in [3.05, 3.63) is 30.0 Å². The van der Waals surface area contributed by atoms with E-state index in [4.69, 9.17) is 0 Å². The first-order chi connectivity index (χ1) is 10.1. The predicted molar refractivity (Wildman–Crippen MR) is 76.9 cm³/mol. The average Bonchev–Trinajstić information content (AvgIpc) is 2.94. The van der Waals surface area contributed by atoms with E-state index in [1.54, 1.807) is 24.4 Å². The maximum atomic E-state index is 12.3. The second-order valence-corrected chi connectivity index (χ2v) is 5.48. The first-order valence-electron chi connectivity index (χ1n) is 7.12. The van der Waals surface area contributed by atoms with Gasteiger partial charge in [0.25, 0.3) is 5.91 Å². The molecule has 1 fully saturated rings. The largest absolute Gasteiger partial charge is 0.481 e. The zero-order chi connectivity index (χ0) is 14.8. The van der Waals surface area contributed by atoms with Crippen molar-refractivity contribution in [2.75, 3.05) is 0 Å². The molecule has 1 aromatic carbocycles. The molecular formula is C15H17N3O3. The van der Waals surface area contributed by atoms with E-state index in [1.807, 2.05) is 0 Å². The lowest BCUT2D eigenvalue weighted by atomic mass is 9.84. The molecule has 1 aliphatic rings. The Morgan fingerprint density at radius 1 is 1.29 bits per heavy atom. The molecule has 2 unspecified atom stereocenters. The number of hydrogen-bond donors (Lipinski definition) is 3. The van der Waals surface area contributed by atoms with E-state index in [1.165, 1.54) is 0 Å². The number of H-pyrrole nitrogens is 1. The molecule has 3 N–H and O–H groups in total. The number of benzene rings is 1. The first kappa shape index (κ1) is 13.6. The number of aliphatic carboxylic acids is 1. The van der Waals surface area contributed by atoms with Crippen molar-refractivity contribution in [2.24, 2.45) is 5.92 Å². The molecule has 110 valence electrons. The Kier molecular flexibility index (Phi) is 3.60. The van der Waals surface area contributed by atoms with Crippen molar-refractivity contribution < 1.29 is 14.7 Å². The molecule has 0 bridgehead atoms. The van der Waals surface area contributed by atoms with Gasteiger partial charge < -0.3 is 10.4 Å². The summed E-state index contributed by atoms with van der Waals surface area (Å²) in [7, 11) is 0. The van der Waals surface area contributed by atoms with E-state index >= 15 is 0 Å². The third-order valence-electron chi connectivity index (χ3n) is 4.10. The smallest absolute Gasteiger partial charge is 0.308 e. The molecule has 6 heteroatoms. The summed E-state index contributed by atoms with van der Waals surface area (Å²) in [6, 6.07) is 4.98. The lowest BCUT2D eigenvalue weighted by Gasteiger charge is -2.29. The topological polar surface area (TPSA) is 95.1 Å². The fraction of sp³-hybridized carbons (Fsp3) is 0.400. The molecule has 0 aliphatic heterocycles. The summed E-state index contributed by atoms with van der Waals surface area (Å²) in [5.41, 5.74) is 1.39. The SMILES string of the molecule is O=C(NC1CCCCC1C(=O)O)c1ccc2[nH]ncc2c1. The van der Waals surface area contributed by atoms with Crippen LogP contribution in [0.25, 0.3) is 10.9 Å². The fourth-order valence-corrected chi connectivity index (χ4v) is 2.93. The van der Waals surface area contributed by atoms with Gasteiger partial charge in [0, 0.05) is 17.0 Å². The maximum absolute atomic E-state index is 12.3. The molecule has 1 aromatic heterocycles. The standard InChI is InChI=1S/C15H17N3O3/c19-14(9-5-6-12-10(7-9)8-16-18-12)17-13-4-2-1-3-11(13)15(20)21/h5-8,11,13H,1-4H2,(H,16,18)(H,17,19)(H,20,21). The summed E-state index contributed by atoms with van der Waals surface area (Å²) in [5, 5.41) is 19.7. The van der Waals surface area contributed by atoms with Crippen molar-refractivity contribution in [1.82, 2.24) is 15.5 Å². The highest BCUT2D eigenvalue weighted by Crippen LogP contribution is 2.25. The Bertz CT molecular complexity index is 680. The van der Waals surface area contributed by atoms with Crippen molar-refractivity contribution in [1.29, 1.82) is 0 Å². The van der Waals surface area contributed by atoms with Crippen LogP contribution in [-0.2, 0) is 4.79 Å². The summed E-state index contributed by atoms with van der Waals surface area (Å²) in [6.45, 7) is 0. The van der Waals surface area contributed by atoms with Crippen molar-refractivity contribution in [2.45, 2.75) is 31.7 Å². The van der Waals surface area contributed by atoms with Crippen LogP contribution < -0.4 is 5.32 Å². The van der Waals surface area contributed by atoms with Crippen LogP contribution in [0.15, 0.2) is 24.4 Å². The number of carboxylic acids is 1. The minimum atomic E-state index is -0.828. The summed E-state index contributed by atoms with van der Waals surface area (Å²) in [6.07, 6.45) is 4.87. The van der Waals surface area contributed by atoms with Crippen LogP contribution in [-0.4, -0.2) is 33.2 Å². The Morgan fingerprint density at radius 3 is 2.90 bits per heavy atom. The number of carboxylic acid groups (broad SMARTS) is 1. The van der Waals surface area contributed by atoms with Crippen LogP contribution in [0.5, 0.6) is 0 Å². The quantitative estimate of drug-likeness (QED) is 0.804. The number of amides is 1. The number of nitrogens with zero attached hydrogens (tertiary/aromatic N) is 1. The van der Waals surface area contributed by atoms with E-state index in [0.29, 0.717) is 12.0 Å². The number of nitrogens with one attached hydrogen (secondary N) is 2. The van der Waals surface area contributed by atoms with Crippen LogP contribution in [0.3, 0.4) is 0 Å². The van der Waals surface area contributed by atoms with Crippen molar-refractivity contribution in [3.63, 3.8) is 0 Å². The van der Waals surface area contributed by atoms with E-state index in [-0.39, 0.29) is 11.9 Å². The molecule has 1 saturated carbocycles. The number of carbonyl (C=O) groups is 2. The summed E-state index contributed by atoms with van der Waals surface area (Å²) in [4.78, 5) is 23.6. The Balaban J connectivity index is 1.76. The summed E-state index contributed by atoms with van der Waals surface area (Å²) < 4.78 is 0. The molecule has 2 atom stereocenters. The van der Waals surface area contributed by atoms with Crippen molar-refractivity contribution >= 4 is 22.8 Å². The molecular weight excluding hydrogens is 270 g/mol. The van der Waals surface area contributed by atoms with Crippen molar-refractivity contribution in [3.8, 4) is 0 Å². The highest BCUT2D eigenvalue weighted by molar-refractivity contribution is 5.98. The lowest BCUT2D eigenvalue weighted by Crippen LogP contribution is -2.45. The van der Waals surface area contributed by atoms with E-state index in [9.17, 15) is 14.7 Å². The Labute approximate surface area is 121 Å². The third-order valence-corrected chi connectivity index (χ3v) is 4.10. The number of aromatic amines is 1. The van der Waals surface area contributed by atoms with E-state index < -0.39 is 11.9 Å². The zero-order valence-electron chi connectivity index (χ0n) is 11.5. The first-order valence-corrected chi connectivity index (χ1v) is 7.12. The van der Waals surface area contributed by atoms with Gasteiger partial charge in [-0.3, -0.25) is 14.7 Å². The van der Waals surface area contributed by atoms with Gasteiger partial charge in [0.2, 0.25) is 0 Å². The second kappa shape index (κ2) is 5.55. The molecule has 0 saturated heterocycles. The maximum Gasteiger partial charge on any atom is 0.308 e. The highest BCUT2D eigenvalue weighted by atomic mass is 16.4. The van der Waals surface area contributed by atoms with Gasteiger partial charge in [-0.2, -0.15) is 5.10 Å². The highest BCUT2D eigenvalue weighted by Gasteiger charge is 2.31. The monoisotopic (exact) mass is 287 g/mol. The molecule has 1 heterocycles. The molecule has 0 spiro atoms. The molecule has 3 rings (SSSR count). The van der Waals surface area contributed by atoms with E-state index in [0.717, 1.165) is 30.2 Å². The average molecular weight is 287 g/mol. The predicted octanol–water partition coefficient (Wildman–Crippen LogP) is 1.94. The number of fused-ring (bicyclic) bond motifs is 1. The Hall–Kier alpha value is -2.37. The lowest BCUT2D eigenvalue weighted by molar-refractivity contribution is -0.143. The number of hydrogen-bond acceptors (Lipinski definition) is 3. The number of carbonyl (C=O) groups excluding carboxylic acids is 1. The van der Waals surface area contributed by atoms with Gasteiger partial charge in [-0.05, 0) is 31.0 Å². The van der Waals surface area contributed by atoms with Crippen LogP contribution in [0.4, 0.5) is 0 Å². The minimum Gasteiger partial charge on any atom is -0.481 e. The summed E-state index contributed by atoms with van der Waals surface area (Å²) in [5.74, 6) is -1.54. The molecule has 1 aliphatic carbocycles. The van der Waals surface area contributed by atoms with Gasteiger partial charge in [0.1, 0.15) is 0 Å². The van der Waals surface area contributed by atoms with Crippen LogP contribution >= 0.6 is 0 Å². The Morgan fingerprint density at radius 2 is 2.10 bits per heavy atom. The van der Waals surface area contributed by atoms with Crippen LogP contribution in [0.1, 0.15) is 36.0 Å². The summed E-state index contributed by atoms with van der Waals surface area (Å²) >= 11 is 0. The second-order valence-electron chi connectivity index (χ2n) is 5.48. The molecule has 0 radical (unpaired) electrons. The van der Waals surface area contributed by atoms with Gasteiger partial charge in [-0.25, -0.2) is 0 Å².